The number of likely N-dealkylation sites (tertiary alicyclic amines) is 1. The van der Waals surface area contributed by atoms with E-state index in [0.717, 1.165) is 17.1 Å². The molecule has 0 radical (unpaired) electrons. The number of benzene rings is 1. The molecule has 1 aliphatic rings. The van der Waals surface area contributed by atoms with Gasteiger partial charge in [0.05, 0.1) is 11.4 Å². The first-order valence-electron chi connectivity index (χ1n) is 7.62. The van der Waals surface area contributed by atoms with Crippen molar-refractivity contribution < 1.29 is 17.1 Å². The van der Waals surface area contributed by atoms with Crippen molar-refractivity contribution in [1.29, 1.82) is 0 Å². The van der Waals surface area contributed by atoms with Crippen molar-refractivity contribution in [1.82, 2.24) is 14.5 Å². The number of para-hydroxylation sites is 1. The third kappa shape index (κ3) is 3.64. The maximum Gasteiger partial charge on any atom is 0.302 e. The largest absolute Gasteiger partial charge is 0.338 e. The number of aromatic nitrogens is 2. The fraction of sp³-hybridized carbons (Fsp3) is 0.375. The monoisotopic (exact) mass is 351 g/mol. The fourth-order valence-electron chi connectivity index (χ4n) is 3.12. The molecule has 1 aliphatic heterocycles. The van der Waals surface area contributed by atoms with Crippen molar-refractivity contribution in [2.24, 2.45) is 5.92 Å². The summed E-state index contributed by atoms with van der Waals surface area (Å²) >= 11 is 0. The fourth-order valence-corrected chi connectivity index (χ4v) is 3.90. The molecule has 6 nitrogen and oxygen atoms in total. The highest BCUT2D eigenvalue weighted by atomic mass is 32.3. The molecule has 0 bridgehead atoms. The molecule has 0 aliphatic carbocycles. The Balaban J connectivity index is 1.80. The predicted molar refractivity (Wildman–Crippen MR) is 86.7 cm³/mol. The summed E-state index contributed by atoms with van der Waals surface area (Å²) in [6.07, 6.45) is 3.61. The molecule has 1 aromatic heterocycles. The Labute approximate surface area is 140 Å². The molecular formula is C16H18FN3O3S. The molecule has 2 aromatic rings. The van der Waals surface area contributed by atoms with E-state index in [1.54, 1.807) is 11.1 Å². The molecular weight excluding hydrogens is 333 g/mol. The van der Waals surface area contributed by atoms with Gasteiger partial charge < -0.3 is 9.47 Å². The summed E-state index contributed by atoms with van der Waals surface area (Å²) in [5, 5.41) is 0. The van der Waals surface area contributed by atoms with E-state index in [4.69, 9.17) is 0 Å². The van der Waals surface area contributed by atoms with Gasteiger partial charge in [0.2, 0.25) is 5.91 Å². The summed E-state index contributed by atoms with van der Waals surface area (Å²) in [6.45, 7) is 2.49. The third-order valence-corrected chi connectivity index (χ3v) is 5.04. The first kappa shape index (κ1) is 16.6. The Morgan fingerprint density at radius 2 is 2.08 bits per heavy atom. The normalized spacial score (nSPS) is 18.3. The van der Waals surface area contributed by atoms with E-state index in [2.05, 4.69) is 4.98 Å². The summed E-state index contributed by atoms with van der Waals surface area (Å²) < 4.78 is 36.4. The molecule has 1 aromatic carbocycles. The van der Waals surface area contributed by atoms with Crippen LogP contribution in [0.3, 0.4) is 0 Å². The van der Waals surface area contributed by atoms with Crippen molar-refractivity contribution in [2.75, 3.05) is 12.3 Å². The van der Waals surface area contributed by atoms with Crippen LogP contribution in [0.5, 0.6) is 0 Å². The Bertz CT molecular complexity index is 863. The number of imidazole rings is 1. The molecule has 0 N–H and O–H groups in total. The minimum atomic E-state index is -4.57. The number of nitrogens with zero attached hydrogens (tertiary/aromatic N) is 3. The van der Waals surface area contributed by atoms with Gasteiger partial charge in [-0.25, -0.2) is 4.98 Å². The van der Waals surface area contributed by atoms with Crippen molar-refractivity contribution in [3.63, 3.8) is 0 Å². The summed E-state index contributed by atoms with van der Waals surface area (Å²) in [6, 6.07) is 7.65. The standard InChI is InChI=1S/C16H18FN3O3S/c1-12-18-6-7-20(12)15-5-3-2-4-14(15)10-19-9-13(8-16(19)21)11-24(17,22)23/h2-7,13H,8-11H2,1H3. The van der Waals surface area contributed by atoms with E-state index in [1.807, 2.05) is 42.0 Å². The molecule has 2 heterocycles. The first-order valence-corrected chi connectivity index (χ1v) is 9.17. The maximum absolute atomic E-state index is 12.8. The molecule has 1 amide bonds. The highest BCUT2D eigenvalue weighted by Crippen LogP contribution is 2.24. The van der Waals surface area contributed by atoms with E-state index >= 15 is 0 Å². The van der Waals surface area contributed by atoms with E-state index < -0.39 is 21.9 Å². The van der Waals surface area contributed by atoms with E-state index in [9.17, 15) is 17.1 Å². The van der Waals surface area contributed by atoms with Crippen LogP contribution < -0.4 is 0 Å². The summed E-state index contributed by atoms with van der Waals surface area (Å²) in [5.74, 6) is -0.413. The highest BCUT2D eigenvalue weighted by Gasteiger charge is 2.33. The number of halogens is 1. The van der Waals surface area contributed by atoms with Crippen LogP contribution in [0.4, 0.5) is 3.89 Å². The second-order valence-electron chi connectivity index (χ2n) is 6.02. The molecule has 0 saturated carbocycles. The van der Waals surface area contributed by atoms with Gasteiger partial charge in [0, 0.05) is 37.8 Å². The average molecular weight is 351 g/mol. The van der Waals surface area contributed by atoms with Crippen LogP contribution in [-0.2, 0) is 21.6 Å². The summed E-state index contributed by atoms with van der Waals surface area (Å²) in [7, 11) is -4.57. The SMILES string of the molecule is Cc1nccn1-c1ccccc1CN1CC(CS(=O)(=O)F)CC1=O. The number of hydrogen-bond donors (Lipinski definition) is 0. The molecule has 8 heteroatoms. The van der Waals surface area contributed by atoms with Crippen LogP contribution in [0.25, 0.3) is 5.69 Å². The minimum Gasteiger partial charge on any atom is -0.338 e. The third-order valence-electron chi connectivity index (χ3n) is 4.17. The van der Waals surface area contributed by atoms with Crippen molar-refractivity contribution in [3.05, 3.63) is 48.0 Å². The number of hydrogen-bond acceptors (Lipinski definition) is 4. The van der Waals surface area contributed by atoms with Gasteiger partial charge in [-0.05, 0) is 18.6 Å². The van der Waals surface area contributed by atoms with Gasteiger partial charge >= 0.3 is 10.2 Å². The van der Waals surface area contributed by atoms with Gasteiger partial charge in [0.1, 0.15) is 5.82 Å². The lowest BCUT2D eigenvalue weighted by molar-refractivity contribution is -0.128. The van der Waals surface area contributed by atoms with Gasteiger partial charge in [0.15, 0.2) is 0 Å². The van der Waals surface area contributed by atoms with Crippen LogP contribution in [-0.4, -0.2) is 41.1 Å². The second kappa shape index (κ2) is 6.35. The Kier molecular flexibility index (Phi) is 4.40. The van der Waals surface area contributed by atoms with Crippen LogP contribution in [0.1, 0.15) is 17.8 Å². The summed E-state index contributed by atoms with van der Waals surface area (Å²) in [5.41, 5.74) is 1.84. The van der Waals surface area contributed by atoms with Gasteiger partial charge in [0.25, 0.3) is 0 Å². The van der Waals surface area contributed by atoms with E-state index in [-0.39, 0.29) is 18.9 Å². The smallest absolute Gasteiger partial charge is 0.302 e. The van der Waals surface area contributed by atoms with Crippen molar-refractivity contribution in [3.8, 4) is 5.69 Å². The first-order chi connectivity index (χ1) is 11.3. The Hall–Kier alpha value is -2.22. The van der Waals surface area contributed by atoms with Gasteiger partial charge in [-0.2, -0.15) is 8.42 Å². The van der Waals surface area contributed by atoms with Gasteiger partial charge in [-0.3, -0.25) is 4.79 Å². The second-order valence-corrected chi connectivity index (χ2v) is 7.43. The zero-order valence-corrected chi connectivity index (χ0v) is 14.0. The van der Waals surface area contributed by atoms with Gasteiger partial charge in [-0.15, -0.1) is 3.89 Å². The van der Waals surface area contributed by atoms with Crippen LogP contribution in [0, 0.1) is 12.8 Å². The number of rotatable bonds is 5. The van der Waals surface area contributed by atoms with Crippen molar-refractivity contribution in [2.45, 2.75) is 19.9 Å². The minimum absolute atomic E-state index is 0.0649. The molecule has 1 saturated heterocycles. The number of carbonyl (C=O) groups excluding carboxylic acids is 1. The average Bonchev–Trinajstić information content (AvgIpc) is 3.04. The van der Waals surface area contributed by atoms with Crippen molar-refractivity contribution >= 4 is 16.1 Å². The van der Waals surface area contributed by atoms with Gasteiger partial charge in [-0.1, -0.05) is 18.2 Å². The zero-order valence-electron chi connectivity index (χ0n) is 13.2. The molecule has 1 atom stereocenters. The van der Waals surface area contributed by atoms with Crippen LogP contribution in [0.2, 0.25) is 0 Å². The highest BCUT2D eigenvalue weighted by molar-refractivity contribution is 7.86. The molecule has 128 valence electrons. The lowest BCUT2D eigenvalue weighted by atomic mass is 10.1. The molecule has 1 fully saturated rings. The molecule has 3 rings (SSSR count). The zero-order chi connectivity index (χ0) is 17.3. The van der Waals surface area contributed by atoms with E-state index in [0.29, 0.717) is 6.54 Å². The summed E-state index contributed by atoms with van der Waals surface area (Å²) in [4.78, 5) is 17.9. The number of aryl methyl sites for hydroxylation is 1. The van der Waals surface area contributed by atoms with Crippen LogP contribution >= 0.6 is 0 Å². The maximum atomic E-state index is 12.8. The Morgan fingerprint density at radius 3 is 2.75 bits per heavy atom. The lowest BCUT2D eigenvalue weighted by Gasteiger charge is -2.19. The predicted octanol–water partition coefficient (Wildman–Crippen LogP) is 1.83. The number of amides is 1. The quantitative estimate of drug-likeness (QED) is 0.771. The lowest BCUT2D eigenvalue weighted by Crippen LogP contribution is -2.26. The molecule has 0 spiro atoms. The van der Waals surface area contributed by atoms with E-state index in [1.165, 1.54) is 0 Å². The topological polar surface area (TPSA) is 72.3 Å². The molecule has 1 unspecified atom stereocenters. The Morgan fingerprint density at radius 1 is 1.33 bits per heavy atom. The molecule has 24 heavy (non-hydrogen) atoms. The van der Waals surface area contributed by atoms with Crippen LogP contribution in [0.15, 0.2) is 36.7 Å². The number of carbonyl (C=O) groups is 1.